The molecule has 0 spiro atoms. The van der Waals surface area contributed by atoms with Crippen LogP contribution in [0.4, 0.5) is 5.69 Å². The lowest BCUT2D eigenvalue weighted by Crippen LogP contribution is -2.19. The molecule has 1 aromatic rings. The molecule has 0 bridgehead atoms. The highest BCUT2D eigenvalue weighted by molar-refractivity contribution is 5.74. The van der Waals surface area contributed by atoms with Gasteiger partial charge in [-0.15, -0.1) is 0 Å². The number of nitrogen functional groups attached to an aromatic ring is 1. The number of nitrogens with two attached hydrogens (primary N) is 1. The third-order valence-electron chi connectivity index (χ3n) is 3.91. The molecule has 2 unspecified atom stereocenters. The standard InChI is InChI=1S/C15H18N2/c16-13-6-4-11(5-7-13)10-12-8-9-17-15-3-1-2-14(12)15/h4-9,14-15H,1-3,10,16H2. The van der Waals surface area contributed by atoms with Crippen molar-refractivity contribution in [2.75, 3.05) is 5.73 Å². The Morgan fingerprint density at radius 2 is 2.00 bits per heavy atom. The summed E-state index contributed by atoms with van der Waals surface area (Å²) < 4.78 is 0. The lowest BCUT2D eigenvalue weighted by Gasteiger charge is -2.22. The SMILES string of the molecule is Nc1ccc(CC2=CC=NC3CCCC23)cc1. The van der Waals surface area contributed by atoms with Crippen molar-refractivity contribution in [1.29, 1.82) is 0 Å². The second kappa shape index (κ2) is 4.36. The van der Waals surface area contributed by atoms with E-state index in [1.807, 2.05) is 18.3 Å². The largest absolute Gasteiger partial charge is 0.399 e. The van der Waals surface area contributed by atoms with Crippen LogP contribution >= 0.6 is 0 Å². The number of nitrogens with zero attached hydrogens (tertiary/aromatic N) is 1. The lowest BCUT2D eigenvalue weighted by atomic mass is 9.87. The molecule has 1 aromatic carbocycles. The number of hydrogen-bond acceptors (Lipinski definition) is 2. The Morgan fingerprint density at radius 1 is 1.18 bits per heavy atom. The lowest BCUT2D eigenvalue weighted by molar-refractivity contribution is 0.540. The number of aliphatic imine (C=N–C) groups is 1. The van der Waals surface area contributed by atoms with Crippen molar-refractivity contribution in [2.24, 2.45) is 10.9 Å². The first-order chi connectivity index (χ1) is 8.33. The summed E-state index contributed by atoms with van der Waals surface area (Å²) in [5, 5.41) is 0. The highest BCUT2D eigenvalue weighted by atomic mass is 14.8. The zero-order valence-corrected chi connectivity index (χ0v) is 9.97. The molecule has 2 nitrogen and oxygen atoms in total. The molecule has 0 radical (unpaired) electrons. The average Bonchev–Trinajstić information content (AvgIpc) is 2.81. The van der Waals surface area contributed by atoms with Gasteiger partial charge in [-0.1, -0.05) is 24.1 Å². The number of dihydropyridines is 1. The predicted molar refractivity (Wildman–Crippen MR) is 72.3 cm³/mol. The van der Waals surface area contributed by atoms with E-state index in [0.29, 0.717) is 12.0 Å². The van der Waals surface area contributed by atoms with Crippen LogP contribution in [0.3, 0.4) is 0 Å². The molecule has 3 rings (SSSR count). The summed E-state index contributed by atoms with van der Waals surface area (Å²) in [6, 6.07) is 8.79. The monoisotopic (exact) mass is 226 g/mol. The van der Waals surface area contributed by atoms with Gasteiger partial charge in [0.1, 0.15) is 0 Å². The molecule has 2 N–H and O–H groups in total. The fraction of sp³-hybridized carbons (Fsp3) is 0.400. The van der Waals surface area contributed by atoms with Gasteiger partial charge in [0.05, 0.1) is 6.04 Å². The van der Waals surface area contributed by atoms with Crippen molar-refractivity contribution >= 4 is 11.9 Å². The minimum Gasteiger partial charge on any atom is -0.399 e. The third kappa shape index (κ3) is 2.12. The van der Waals surface area contributed by atoms with Gasteiger partial charge in [0.2, 0.25) is 0 Å². The molecule has 1 aliphatic heterocycles. The summed E-state index contributed by atoms with van der Waals surface area (Å²) in [6.07, 6.45) is 9.16. The van der Waals surface area contributed by atoms with Crippen LogP contribution in [-0.2, 0) is 6.42 Å². The van der Waals surface area contributed by atoms with E-state index in [-0.39, 0.29) is 0 Å². The molecular weight excluding hydrogens is 208 g/mol. The first-order valence-corrected chi connectivity index (χ1v) is 6.39. The molecule has 1 heterocycles. The molecule has 2 heteroatoms. The topological polar surface area (TPSA) is 38.4 Å². The van der Waals surface area contributed by atoms with Crippen molar-refractivity contribution in [2.45, 2.75) is 31.7 Å². The Labute approximate surface area is 102 Å². The van der Waals surface area contributed by atoms with Gasteiger partial charge in [-0.2, -0.15) is 0 Å². The Balaban J connectivity index is 1.78. The predicted octanol–water partition coefficient (Wildman–Crippen LogP) is 2.99. The van der Waals surface area contributed by atoms with Crippen molar-refractivity contribution in [1.82, 2.24) is 0 Å². The molecule has 88 valence electrons. The van der Waals surface area contributed by atoms with E-state index in [9.17, 15) is 0 Å². The number of allylic oxidation sites excluding steroid dienone is 1. The van der Waals surface area contributed by atoms with Gasteiger partial charge in [-0.25, -0.2) is 0 Å². The van der Waals surface area contributed by atoms with E-state index in [4.69, 9.17) is 5.73 Å². The molecule has 1 fully saturated rings. The molecule has 0 aromatic heterocycles. The fourth-order valence-electron chi connectivity index (χ4n) is 2.99. The molecule has 17 heavy (non-hydrogen) atoms. The van der Waals surface area contributed by atoms with Gasteiger partial charge in [-0.3, -0.25) is 4.99 Å². The van der Waals surface area contributed by atoms with E-state index in [0.717, 1.165) is 12.1 Å². The van der Waals surface area contributed by atoms with Crippen LogP contribution in [0.5, 0.6) is 0 Å². The van der Waals surface area contributed by atoms with Gasteiger partial charge < -0.3 is 5.73 Å². The second-order valence-corrected chi connectivity index (χ2v) is 5.06. The molecule has 2 aliphatic rings. The highest BCUT2D eigenvalue weighted by Crippen LogP contribution is 2.36. The Bertz CT molecular complexity index is 456. The minimum absolute atomic E-state index is 0.559. The molecule has 0 saturated heterocycles. The molecular formula is C15H18N2. The van der Waals surface area contributed by atoms with Gasteiger partial charge in [0.15, 0.2) is 0 Å². The maximum Gasteiger partial charge on any atom is 0.0565 e. The zero-order valence-electron chi connectivity index (χ0n) is 9.97. The summed E-state index contributed by atoms with van der Waals surface area (Å²) in [5.41, 5.74) is 9.45. The Morgan fingerprint density at radius 3 is 2.82 bits per heavy atom. The fourth-order valence-corrected chi connectivity index (χ4v) is 2.99. The Hall–Kier alpha value is -1.57. The van der Waals surface area contributed by atoms with Crippen molar-refractivity contribution in [3.8, 4) is 0 Å². The van der Waals surface area contributed by atoms with Crippen LogP contribution in [-0.4, -0.2) is 12.3 Å². The van der Waals surface area contributed by atoms with Crippen LogP contribution < -0.4 is 5.73 Å². The highest BCUT2D eigenvalue weighted by Gasteiger charge is 2.30. The maximum absolute atomic E-state index is 5.71. The van der Waals surface area contributed by atoms with E-state index in [1.54, 1.807) is 5.57 Å². The van der Waals surface area contributed by atoms with Crippen LogP contribution in [0.1, 0.15) is 24.8 Å². The van der Waals surface area contributed by atoms with Crippen molar-refractivity contribution in [3.05, 3.63) is 41.5 Å². The summed E-state index contributed by atoms with van der Waals surface area (Å²) in [7, 11) is 0. The number of rotatable bonds is 2. The van der Waals surface area contributed by atoms with E-state index in [2.05, 4.69) is 23.2 Å². The van der Waals surface area contributed by atoms with Crippen LogP contribution in [0.15, 0.2) is 40.9 Å². The number of fused-ring (bicyclic) bond motifs is 1. The normalized spacial score (nSPS) is 26.7. The maximum atomic E-state index is 5.71. The number of anilines is 1. The average molecular weight is 226 g/mol. The smallest absolute Gasteiger partial charge is 0.0565 e. The molecule has 1 saturated carbocycles. The van der Waals surface area contributed by atoms with E-state index in [1.165, 1.54) is 24.8 Å². The summed E-state index contributed by atoms with van der Waals surface area (Å²) >= 11 is 0. The van der Waals surface area contributed by atoms with Crippen molar-refractivity contribution in [3.63, 3.8) is 0 Å². The van der Waals surface area contributed by atoms with Gasteiger partial charge in [-0.05, 0) is 43.0 Å². The zero-order chi connectivity index (χ0) is 11.7. The van der Waals surface area contributed by atoms with Gasteiger partial charge in [0, 0.05) is 17.8 Å². The summed E-state index contributed by atoms with van der Waals surface area (Å²) in [5.74, 6) is 0.692. The summed E-state index contributed by atoms with van der Waals surface area (Å²) in [4.78, 5) is 4.58. The van der Waals surface area contributed by atoms with Crippen LogP contribution in [0, 0.1) is 5.92 Å². The first kappa shape index (κ1) is 10.6. The van der Waals surface area contributed by atoms with Crippen LogP contribution in [0.2, 0.25) is 0 Å². The van der Waals surface area contributed by atoms with E-state index >= 15 is 0 Å². The quantitative estimate of drug-likeness (QED) is 0.773. The molecule has 1 aliphatic carbocycles. The van der Waals surface area contributed by atoms with Crippen molar-refractivity contribution < 1.29 is 0 Å². The molecule has 2 atom stereocenters. The number of hydrogen-bond donors (Lipinski definition) is 1. The van der Waals surface area contributed by atoms with E-state index < -0.39 is 0 Å². The second-order valence-electron chi connectivity index (χ2n) is 5.06. The summed E-state index contributed by atoms with van der Waals surface area (Å²) in [6.45, 7) is 0. The Kier molecular flexibility index (Phi) is 2.71. The number of benzene rings is 1. The van der Waals surface area contributed by atoms with Gasteiger partial charge >= 0.3 is 0 Å². The molecule has 0 amide bonds. The first-order valence-electron chi connectivity index (χ1n) is 6.39. The van der Waals surface area contributed by atoms with Gasteiger partial charge in [0.25, 0.3) is 0 Å². The third-order valence-corrected chi connectivity index (χ3v) is 3.91. The minimum atomic E-state index is 0.559. The van der Waals surface area contributed by atoms with Crippen LogP contribution in [0.25, 0.3) is 0 Å².